The van der Waals surface area contributed by atoms with E-state index in [4.69, 9.17) is 4.74 Å². The highest BCUT2D eigenvalue weighted by atomic mass is 32.2. The van der Waals surface area contributed by atoms with Gasteiger partial charge in [-0.2, -0.15) is 0 Å². The van der Waals surface area contributed by atoms with Crippen molar-refractivity contribution in [3.05, 3.63) is 30.1 Å². The second kappa shape index (κ2) is 6.87. The molecule has 0 N–H and O–H groups in total. The lowest BCUT2D eigenvalue weighted by Gasteiger charge is -2.26. The molecule has 0 aromatic carbocycles. The van der Waals surface area contributed by atoms with Crippen LogP contribution in [-0.4, -0.2) is 60.9 Å². The van der Waals surface area contributed by atoms with E-state index in [-0.39, 0.29) is 23.2 Å². The Morgan fingerprint density at radius 2 is 2.18 bits per heavy atom. The van der Waals surface area contributed by atoms with Crippen LogP contribution in [0.1, 0.15) is 23.8 Å². The summed E-state index contributed by atoms with van der Waals surface area (Å²) in [5, 5.41) is 0. The van der Waals surface area contributed by atoms with Gasteiger partial charge in [0, 0.05) is 18.8 Å². The molecule has 1 amide bonds. The number of likely N-dealkylation sites (N-methyl/N-ethyl adjacent to an activating group) is 1. The van der Waals surface area contributed by atoms with Gasteiger partial charge in [-0.1, -0.05) is 6.07 Å². The van der Waals surface area contributed by atoms with Gasteiger partial charge in [-0.3, -0.25) is 4.79 Å². The topological polar surface area (TPSA) is 93.6 Å². The zero-order chi connectivity index (χ0) is 16.2. The van der Waals surface area contributed by atoms with Crippen LogP contribution in [0.3, 0.4) is 0 Å². The average molecular weight is 326 g/mol. The Morgan fingerprint density at radius 3 is 2.73 bits per heavy atom. The van der Waals surface area contributed by atoms with E-state index < -0.39 is 28.3 Å². The summed E-state index contributed by atoms with van der Waals surface area (Å²) in [6, 6.07) is 4.47. The number of carbonyl (C=O) groups is 2. The highest BCUT2D eigenvalue weighted by Crippen LogP contribution is 2.17. The lowest BCUT2D eigenvalue weighted by atomic mass is 10.2. The smallest absolute Gasteiger partial charge is 0.357 e. The molecule has 8 heteroatoms. The molecule has 1 atom stereocenters. The fourth-order valence-corrected chi connectivity index (χ4v) is 4.16. The van der Waals surface area contributed by atoms with Crippen LogP contribution in [0.15, 0.2) is 24.4 Å². The minimum absolute atomic E-state index is 0.0270. The summed E-state index contributed by atoms with van der Waals surface area (Å²) in [6.45, 7) is 1.73. The Labute approximate surface area is 129 Å². The second-order valence-corrected chi connectivity index (χ2v) is 7.26. The summed E-state index contributed by atoms with van der Waals surface area (Å²) in [5.41, 5.74) is 0.127. The number of pyridine rings is 1. The maximum atomic E-state index is 12.1. The summed E-state index contributed by atoms with van der Waals surface area (Å²) in [5.74, 6) is -1.01. The van der Waals surface area contributed by atoms with Gasteiger partial charge in [0.05, 0.1) is 11.5 Å². The predicted molar refractivity (Wildman–Crippen MR) is 79.0 cm³/mol. The quantitative estimate of drug-likeness (QED) is 0.721. The van der Waals surface area contributed by atoms with Gasteiger partial charge in [0.15, 0.2) is 16.4 Å². The van der Waals surface area contributed by atoms with E-state index in [9.17, 15) is 18.0 Å². The van der Waals surface area contributed by atoms with Gasteiger partial charge < -0.3 is 9.64 Å². The second-order valence-electron chi connectivity index (χ2n) is 5.03. The molecule has 1 fully saturated rings. The largest absolute Gasteiger partial charge is 0.451 e. The van der Waals surface area contributed by atoms with E-state index in [1.165, 1.54) is 17.2 Å². The number of hydrogen-bond acceptors (Lipinski definition) is 6. The van der Waals surface area contributed by atoms with Crippen molar-refractivity contribution >= 4 is 21.7 Å². The number of ether oxygens (including phenoxy) is 1. The molecule has 120 valence electrons. The third kappa shape index (κ3) is 4.03. The summed E-state index contributed by atoms with van der Waals surface area (Å²) in [6.07, 6.45) is 1.89. The standard InChI is InChI=1S/C14H18N2O5S/c1-2-16(11-6-8-22(19,20)10-11)13(17)9-21-14(18)12-5-3-4-7-15-12/h3-5,7,11H,2,6,8-10H2,1H3/t11-/m1/s1. The monoisotopic (exact) mass is 326 g/mol. The summed E-state index contributed by atoms with van der Waals surface area (Å²) < 4.78 is 27.9. The zero-order valence-electron chi connectivity index (χ0n) is 12.3. The van der Waals surface area contributed by atoms with Crippen LogP contribution in [0.2, 0.25) is 0 Å². The van der Waals surface area contributed by atoms with Crippen LogP contribution in [0.4, 0.5) is 0 Å². The highest BCUT2D eigenvalue weighted by Gasteiger charge is 2.34. The number of aromatic nitrogens is 1. The first-order valence-corrected chi connectivity index (χ1v) is 8.83. The minimum atomic E-state index is -3.07. The van der Waals surface area contributed by atoms with E-state index >= 15 is 0 Å². The van der Waals surface area contributed by atoms with Crippen LogP contribution in [0, 0.1) is 0 Å². The van der Waals surface area contributed by atoms with Crippen molar-refractivity contribution in [2.45, 2.75) is 19.4 Å². The number of esters is 1. The molecular weight excluding hydrogens is 308 g/mol. The average Bonchev–Trinajstić information content (AvgIpc) is 2.86. The summed E-state index contributed by atoms with van der Waals surface area (Å²) in [7, 11) is -3.07. The van der Waals surface area contributed by atoms with Gasteiger partial charge in [0.25, 0.3) is 5.91 Å². The van der Waals surface area contributed by atoms with Gasteiger partial charge in [0.1, 0.15) is 5.69 Å². The van der Waals surface area contributed by atoms with Crippen molar-refractivity contribution in [1.82, 2.24) is 9.88 Å². The molecule has 1 aliphatic rings. The number of sulfone groups is 1. The normalized spacial score (nSPS) is 19.6. The first kappa shape index (κ1) is 16.4. The van der Waals surface area contributed by atoms with E-state index in [0.29, 0.717) is 13.0 Å². The van der Waals surface area contributed by atoms with Crippen LogP contribution < -0.4 is 0 Å². The third-order valence-electron chi connectivity index (χ3n) is 3.51. The van der Waals surface area contributed by atoms with E-state index in [2.05, 4.69) is 4.98 Å². The van der Waals surface area contributed by atoms with Crippen LogP contribution in [0.5, 0.6) is 0 Å². The first-order valence-electron chi connectivity index (χ1n) is 7.01. The van der Waals surface area contributed by atoms with Gasteiger partial charge in [0.2, 0.25) is 0 Å². The number of rotatable bonds is 5. The number of amides is 1. The molecule has 0 bridgehead atoms. The van der Waals surface area contributed by atoms with E-state index in [1.54, 1.807) is 19.1 Å². The maximum absolute atomic E-state index is 12.1. The Morgan fingerprint density at radius 1 is 1.41 bits per heavy atom. The zero-order valence-corrected chi connectivity index (χ0v) is 13.1. The molecule has 0 aliphatic carbocycles. The van der Waals surface area contributed by atoms with Gasteiger partial charge in [-0.25, -0.2) is 18.2 Å². The molecule has 1 aromatic heterocycles. The predicted octanol–water partition coefficient (Wildman–Crippen LogP) is 0.274. The molecule has 1 aliphatic heterocycles. The third-order valence-corrected chi connectivity index (χ3v) is 5.26. The van der Waals surface area contributed by atoms with Gasteiger partial charge in [-0.05, 0) is 25.5 Å². The molecule has 1 aromatic rings. The first-order chi connectivity index (χ1) is 10.4. The fourth-order valence-electron chi connectivity index (χ4n) is 2.43. The number of carbonyl (C=O) groups excluding carboxylic acids is 2. The number of hydrogen-bond donors (Lipinski definition) is 0. The maximum Gasteiger partial charge on any atom is 0.357 e. The van der Waals surface area contributed by atoms with E-state index in [0.717, 1.165) is 0 Å². The molecule has 7 nitrogen and oxygen atoms in total. The summed E-state index contributed by atoms with van der Waals surface area (Å²) in [4.78, 5) is 29.2. The Kier molecular flexibility index (Phi) is 5.12. The van der Waals surface area contributed by atoms with Crippen LogP contribution in [-0.2, 0) is 19.4 Å². The molecule has 0 radical (unpaired) electrons. The minimum Gasteiger partial charge on any atom is -0.451 e. The molecular formula is C14H18N2O5S. The van der Waals surface area contributed by atoms with Crippen molar-refractivity contribution in [2.24, 2.45) is 0 Å². The summed E-state index contributed by atoms with van der Waals surface area (Å²) >= 11 is 0. The van der Waals surface area contributed by atoms with Crippen molar-refractivity contribution < 1.29 is 22.7 Å². The molecule has 1 saturated heterocycles. The van der Waals surface area contributed by atoms with Crippen LogP contribution >= 0.6 is 0 Å². The molecule has 0 spiro atoms. The van der Waals surface area contributed by atoms with Gasteiger partial charge in [-0.15, -0.1) is 0 Å². The molecule has 2 rings (SSSR count). The molecule has 2 heterocycles. The van der Waals surface area contributed by atoms with Crippen molar-refractivity contribution in [3.63, 3.8) is 0 Å². The molecule has 22 heavy (non-hydrogen) atoms. The SMILES string of the molecule is CCN(C(=O)COC(=O)c1ccccn1)[C@@H]1CCS(=O)(=O)C1. The Hall–Kier alpha value is -1.96. The van der Waals surface area contributed by atoms with Crippen molar-refractivity contribution in [1.29, 1.82) is 0 Å². The molecule has 0 unspecified atom stereocenters. The van der Waals surface area contributed by atoms with Crippen molar-refractivity contribution in [3.8, 4) is 0 Å². The van der Waals surface area contributed by atoms with E-state index in [1.807, 2.05) is 0 Å². The van der Waals surface area contributed by atoms with Crippen molar-refractivity contribution in [2.75, 3.05) is 24.7 Å². The Bertz CT molecular complexity index is 644. The highest BCUT2D eigenvalue weighted by molar-refractivity contribution is 7.91. The Balaban J connectivity index is 1.92. The fraction of sp³-hybridized carbons (Fsp3) is 0.500. The van der Waals surface area contributed by atoms with Crippen LogP contribution in [0.25, 0.3) is 0 Å². The number of nitrogens with zero attached hydrogens (tertiary/aromatic N) is 2. The lowest BCUT2D eigenvalue weighted by Crippen LogP contribution is -2.43. The van der Waals surface area contributed by atoms with Gasteiger partial charge >= 0.3 is 5.97 Å². The lowest BCUT2D eigenvalue weighted by molar-refractivity contribution is -0.136. The molecule has 0 saturated carbocycles.